The number of aromatic nitrogens is 2. The number of nitrogens with zero attached hydrogens (tertiary/aromatic N) is 2. The van der Waals surface area contributed by atoms with E-state index in [0.29, 0.717) is 0 Å². The summed E-state index contributed by atoms with van der Waals surface area (Å²) in [6, 6.07) is 0. The van der Waals surface area contributed by atoms with Crippen molar-refractivity contribution in [1.82, 2.24) is 14.9 Å². The predicted octanol–water partition coefficient (Wildman–Crippen LogP) is 0.166. The van der Waals surface area contributed by atoms with Gasteiger partial charge in [-0.25, -0.2) is 13.8 Å². The molecule has 92 valence electrons. The Balaban J connectivity index is 0.00000225. The Kier molecular flexibility index (Phi) is 5.32. The molecule has 1 aromatic rings. The monoisotopic (exact) mass is 254 g/mol. The number of aryl methyl sites for hydroxylation is 1. The number of alkyl halides is 2. The van der Waals surface area contributed by atoms with Gasteiger partial charge in [0.15, 0.2) is 0 Å². The van der Waals surface area contributed by atoms with Crippen molar-refractivity contribution < 1.29 is 13.6 Å². The van der Waals surface area contributed by atoms with E-state index in [0.717, 1.165) is 0 Å². The van der Waals surface area contributed by atoms with Crippen molar-refractivity contribution >= 4 is 18.3 Å². The van der Waals surface area contributed by atoms with Crippen molar-refractivity contribution in [2.45, 2.75) is 5.92 Å². The van der Waals surface area contributed by atoms with Crippen LogP contribution in [0.1, 0.15) is 10.5 Å². The topological polar surface area (TPSA) is 72.9 Å². The molecule has 0 aliphatic rings. The fourth-order valence-electron chi connectivity index (χ4n) is 0.902. The van der Waals surface area contributed by atoms with Crippen molar-refractivity contribution in [2.24, 2.45) is 12.8 Å². The normalized spacial score (nSPS) is 10.8. The summed E-state index contributed by atoms with van der Waals surface area (Å²) in [6.45, 7) is -1.57. The highest BCUT2D eigenvalue weighted by molar-refractivity contribution is 5.92. The minimum Gasteiger partial charge on any atom is -0.345 e. The van der Waals surface area contributed by atoms with Gasteiger partial charge in [-0.05, 0) is 0 Å². The van der Waals surface area contributed by atoms with E-state index in [-0.39, 0.29) is 18.1 Å². The summed E-state index contributed by atoms with van der Waals surface area (Å²) in [5.41, 5.74) is 4.92. The number of amides is 1. The molecule has 0 fully saturated rings. The Morgan fingerprint density at radius 1 is 1.69 bits per heavy atom. The molecule has 0 aromatic carbocycles. The van der Waals surface area contributed by atoms with Gasteiger partial charge in [0.25, 0.3) is 11.8 Å². The molecule has 1 amide bonds. The van der Waals surface area contributed by atoms with E-state index < -0.39 is 24.9 Å². The first-order valence-corrected chi connectivity index (χ1v) is 4.29. The molecular weight excluding hydrogens is 242 g/mol. The van der Waals surface area contributed by atoms with Crippen LogP contribution in [-0.4, -0.2) is 34.5 Å². The summed E-state index contributed by atoms with van der Waals surface area (Å²) in [4.78, 5) is 15.0. The standard InChI is InChI=1S/C8H12F2N4O.ClH/c1-14-2-6(13-5-14)7(15)12-4-8(9,10)3-11;/h2,5H,3-4,11H2,1H3,(H,12,15);1H. The third-order valence-electron chi connectivity index (χ3n) is 1.74. The van der Waals surface area contributed by atoms with Crippen LogP contribution in [0.3, 0.4) is 0 Å². The molecule has 3 N–H and O–H groups in total. The van der Waals surface area contributed by atoms with Crippen LogP contribution in [0.5, 0.6) is 0 Å². The zero-order valence-corrected chi connectivity index (χ0v) is 9.43. The summed E-state index contributed by atoms with van der Waals surface area (Å²) in [5, 5.41) is 2.06. The first-order valence-electron chi connectivity index (χ1n) is 4.29. The van der Waals surface area contributed by atoms with Crippen molar-refractivity contribution in [3.8, 4) is 0 Å². The molecule has 1 rings (SSSR count). The lowest BCUT2D eigenvalue weighted by Gasteiger charge is -2.13. The van der Waals surface area contributed by atoms with Crippen LogP contribution in [0, 0.1) is 0 Å². The number of rotatable bonds is 4. The summed E-state index contributed by atoms with van der Waals surface area (Å²) >= 11 is 0. The van der Waals surface area contributed by atoms with E-state index in [1.807, 2.05) is 0 Å². The highest BCUT2D eigenvalue weighted by Gasteiger charge is 2.27. The van der Waals surface area contributed by atoms with E-state index in [1.165, 1.54) is 12.5 Å². The zero-order valence-electron chi connectivity index (χ0n) is 8.61. The quantitative estimate of drug-likeness (QED) is 0.804. The maximum atomic E-state index is 12.7. The van der Waals surface area contributed by atoms with Gasteiger partial charge in [0, 0.05) is 13.2 Å². The van der Waals surface area contributed by atoms with Crippen LogP contribution in [0.15, 0.2) is 12.5 Å². The second kappa shape index (κ2) is 5.76. The molecule has 0 bridgehead atoms. The zero-order chi connectivity index (χ0) is 11.5. The second-order valence-electron chi connectivity index (χ2n) is 3.17. The fraction of sp³-hybridized carbons (Fsp3) is 0.500. The van der Waals surface area contributed by atoms with E-state index in [2.05, 4.69) is 10.3 Å². The van der Waals surface area contributed by atoms with Crippen LogP contribution < -0.4 is 11.1 Å². The van der Waals surface area contributed by atoms with Gasteiger partial charge in [0.2, 0.25) is 0 Å². The smallest absolute Gasteiger partial charge is 0.277 e. The molecule has 0 spiro atoms. The van der Waals surface area contributed by atoms with Crippen LogP contribution in [0.25, 0.3) is 0 Å². The summed E-state index contributed by atoms with van der Waals surface area (Å²) in [6.07, 6.45) is 2.85. The molecule has 0 unspecified atom stereocenters. The number of halogens is 3. The molecule has 8 heteroatoms. The van der Waals surface area contributed by atoms with Crippen molar-refractivity contribution in [3.63, 3.8) is 0 Å². The number of hydrogen-bond donors (Lipinski definition) is 2. The lowest BCUT2D eigenvalue weighted by molar-refractivity contribution is 0.0118. The maximum absolute atomic E-state index is 12.7. The molecule has 0 aliphatic heterocycles. The van der Waals surface area contributed by atoms with Gasteiger partial charge in [-0.2, -0.15) is 0 Å². The van der Waals surface area contributed by atoms with Gasteiger partial charge in [-0.15, -0.1) is 12.4 Å². The van der Waals surface area contributed by atoms with Crippen molar-refractivity contribution in [2.75, 3.05) is 13.1 Å². The Labute approximate surface area is 97.4 Å². The summed E-state index contributed by atoms with van der Waals surface area (Å²) in [5.74, 6) is -3.71. The molecule has 0 saturated carbocycles. The first-order chi connectivity index (χ1) is 6.94. The van der Waals surface area contributed by atoms with Crippen molar-refractivity contribution in [1.29, 1.82) is 0 Å². The van der Waals surface area contributed by atoms with E-state index in [1.54, 1.807) is 11.6 Å². The molecule has 0 atom stereocenters. The Morgan fingerprint density at radius 3 is 2.75 bits per heavy atom. The lowest BCUT2D eigenvalue weighted by atomic mass is 10.3. The molecule has 0 radical (unpaired) electrons. The maximum Gasteiger partial charge on any atom is 0.277 e. The number of nitrogens with two attached hydrogens (primary N) is 1. The number of carbonyl (C=O) groups excluding carboxylic acids is 1. The second-order valence-corrected chi connectivity index (χ2v) is 3.17. The van der Waals surface area contributed by atoms with Crippen LogP contribution in [0.4, 0.5) is 8.78 Å². The summed E-state index contributed by atoms with van der Waals surface area (Å²) in [7, 11) is 1.68. The molecular formula is C8H13ClF2N4O. The first kappa shape index (κ1) is 14.8. The van der Waals surface area contributed by atoms with Crippen LogP contribution in [-0.2, 0) is 7.05 Å². The minimum atomic E-state index is -3.08. The number of imidazole rings is 1. The van der Waals surface area contributed by atoms with Gasteiger partial charge < -0.3 is 15.6 Å². The van der Waals surface area contributed by atoms with E-state index in [4.69, 9.17) is 5.73 Å². The number of nitrogens with one attached hydrogen (secondary N) is 1. The van der Waals surface area contributed by atoms with Crippen LogP contribution in [0.2, 0.25) is 0 Å². The Bertz CT molecular complexity index is 356. The number of hydrogen-bond acceptors (Lipinski definition) is 3. The van der Waals surface area contributed by atoms with Gasteiger partial charge in [0.1, 0.15) is 5.69 Å². The predicted molar refractivity (Wildman–Crippen MR) is 56.8 cm³/mol. The number of carbonyl (C=O) groups is 1. The van der Waals surface area contributed by atoms with Gasteiger partial charge in [0.05, 0.1) is 19.4 Å². The molecule has 16 heavy (non-hydrogen) atoms. The third-order valence-corrected chi connectivity index (χ3v) is 1.74. The SMILES string of the molecule is Cl.Cn1cnc(C(=O)NCC(F)(F)CN)c1. The van der Waals surface area contributed by atoms with Crippen molar-refractivity contribution in [3.05, 3.63) is 18.2 Å². The van der Waals surface area contributed by atoms with Gasteiger partial charge in [-0.3, -0.25) is 4.79 Å². The molecule has 0 aliphatic carbocycles. The average molecular weight is 255 g/mol. The third kappa shape index (κ3) is 4.11. The molecule has 5 nitrogen and oxygen atoms in total. The van der Waals surface area contributed by atoms with Gasteiger partial charge in [-0.1, -0.05) is 0 Å². The molecule has 1 heterocycles. The molecule has 1 aromatic heterocycles. The Morgan fingerprint density at radius 2 is 2.31 bits per heavy atom. The highest BCUT2D eigenvalue weighted by atomic mass is 35.5. The highest BCUT2D eigenvalue weighted by Crippen LogP contribution is 2.08. The average Bonchev–Trinajstić information content (AvgIpc) is 2.61. The van der Waals surface area contributed by atoms with Crippen LogP contribution >= 0.6 is 12.4 Å². The molecule has 0 saturated heterocycles. The minimum absolute atomic E-state index is 0. The summed E-state index contributed by atoms with van der Waals surface area (Å²) < 4.78 is 26.9. The fourth-order valence-corrected chi connectivity index (χ4v) is 0.902. The van der Waals surface area contributed by atoms with Gasteiger partial charge >= 0.3 is 0 Å². The van der Waals surface area contributed by atoms with E-state index in [9.17, 15) is 13.6 Å². The lowest BCUT2D eigenvalue weighted by Crippen LogP contribution is -2.41. The van der Waals surface area contributed by atoms with E-state index >= 15 is 0 Å². The Hall–Kier alpha value is -1.21. The largest absolute Gasteiger partial charge is 0.345 e.